The topological polar surface area (TPSA) is 41.1 Å². The second-order valence-corrected chi connectivity index (χ2v) is 5.80. The maximum absolute atomic E-state index is 13.2. The minimum atomic E-state index is -0.353. The van der Waals surface area contributed by atoms with Crippen molar-refractivity contribution in [2.24, 2.45) is 0 Å². The number of hydrogen-bond acceptors (Lipinski definition) is 2. The van der Waals surface area contributed by atoms with Gasteiger partial charge in [0.2, 0.25) is 0 Å². The van der Waals surface area contributed by atoms with Gasteiger partial charge in [-0.15, -0.1) is 0 Å². The highest BCUT2D eigenvalue weighted by molar-refractivity contribution is 9.10. The van der Waals surface area contributed by atoms with E-state index in [9.17, 15) is 9.18 Å². The van der Waals surface area contributed by atoms with Crippen LogP contribution in [0.25, 0.3) is 0 Å². The van der Waals surface area contributed by atoms with Crippen LogP contribution in [0.2, 0.25) is 0 Å². The first-order valence-electron chi connectivity index (χ1n) is 6.77. The maximum Gasteiger partial charge on any atom is 0.256 e. The summed E-state index contributed by atoms with van der Waals surface area (Å²) >= 11 is 3.12. The number of nitrogens with one attached hydrogen (secondary N) is 2. The highest BCUT2D eigenvalue weighted by Gasteiger charge is 2.17. The molecule has 0 spiro atoms. The van der Waals surface area contributed by atoms with Gasteiger partial charge in [-0.25, -0.2) is 4.39 Å². The molecule has 3 nitrogen and oxygen atoms in total. The lowest BCUT2D eigenvalue weighted by molar-refractivity contribution is 0.102. The molecule has 0 unspecified atom stereocenters. The molecule has 1 heterocycles. The van der Waals surface area contributed by atoms with Crippen LogP contribution in [0.15, 0.2) is 40.9 Å². The minimum Gasteiger partial charge on any atom is -0.385 e. The number of hydrogen-bond donors (Lipinski definition) is 2. The molecule has 21 heavy (non-hydrogen) atoms. The van der Waals surface area contributed by atoms with Crippen molar-refractivity contribution in [1.29, 1.82) is 0 Å². The van der Waals surface area contributed by atoms with E-state index in [0.717, 1.165) is 30.6 Å². The molecule has 1 aliphatic heterocycles. The van der Waals surface area contributed by atoms with Gasteiger partial charge in [0.15, 0.2) is 0 Å². The summed E-state index contributed by atoms with van der Waals surface area (Å²) in [6.07, 6.45) is 1.90. The van der Waals surface area contributed by atoms with Crippen LogP contribution in [0.4, 0.5) is 15.8 Å². The zero-order valence-electron chi connectivity index (χ0n) is 11.2. The van der Waals surface area contributed by atoms with Gasteiger partial charge in [-0.05, 0) is 64.7 Å². The minimum absolute atomic E-state index is 0.172. The first-order chi connectivity index (χ1) is 10.1. The SMILES string of the molecule is O=C(Nc1ccc(F)c(Br)c1)c1cccc2c1CCCN2. The highest BCUT2D eigenvalue weighted by Crippen LogP contribution is 2.26. The third-order valence-electron chi connectivity index (χ3n) is 3.52. The molecule has 3 rings (SSSR count). The Morgan fingerprint density at radius 3 is 2.95 bits per heavy atom. The van der Waals surface area contributed by atoms with E-state index in [-0.39, 0.29) is 11.7 Å². The van der Waals surface area contributed by atoms with Crippen molar-refractivity contribution in [2.45, 2.75) is 12.8 Å². The quantitative estimate of drug-likeness (QED) is 0.853. The van der Waals surface area contributed by atoms with E-state index in [1.54, 1.807) is 12.1 Å². The number of anilines is 2. The fraction of sp³-hybridized carbons (Fsp3) is 0.188. The van der Waals surface area contributed by atoms with E-state index in [1.165, 1.54) is 6.07 Å². The van der Waals surface area contributed by atoms with E-state index in [4.69, 9.17) is 0 Å². The largest absolute Gasteiger partial charge is 0.385 e. The van der Waals surface area contributed by atoms with Gasteiger partial charge in [0.1, 0.15) is 5.82 Å². The van der Waals surface area contributed by atoms with Crippen molar-refractivity contribution in [3.63, 3.8) is 0 Å². The van der Waals surface area contributed by atoms with Gasteiger partial charge < -0.3 is 10.6 Å². The van der Waals surface area contributed by atoms with E-state index in [1.807, 2.05) is 18.2 Å². The zero-order chi connectivity index (χ0) is 14.8. The number of fused-ring (bicyclic) bond motifs is 1. The Hall–Kier alpha value is -1.88. The monoisotopic (exact) mass is 348 g/mol. The number of halogens is 2. The van der Waals surface area contributed by atoms with Gasteiger partial charge in [0, 0.05) is 23.5 Å². The summed E-state index contributed by atoms with van der Waals surface area (Å²) in [6, 6.07) is 10.1. The Balaban J connectivity index is 1.87. The molecule has 0 saturated carbocycles. The predicted molar refractivity (Wildman–Crippen MR) is 85.3 cm³/mol. The van der Waals surface area contributed by atoms with Gasteiger partial charge in [-0.1, -0.05) is 6.07 Å². The fourth-order valence-electron chi connectivity index (χ4n) is 2.50. The third-order valence-corrected chi connectivity index (χ3v) is 4.12. The normalized spacial score (nSPS) is 13.2. The number of benzene rings is 2. The zero-order valence-corrected chi connectivity index (χ0v) is 12.8. The van der Waals surface area contributed by atoms with Gasteiger partial charge in [-0.3, -0.25) is 4.79 Å². The van der Waals surface area contributed by atoms with Crippen LogP contribution in [0.5, 0.6) is 0 Å². The molecule has 2 aromatic carbocycles. The van der Waals surface area contributed by atoms with E-state index >= 15 is 0 Å². The summed E-state index contributed by atoms with van der Waals surface area (Å²) in [5, 5.41) is 6.11. The Labute approximate surface area is 130 Å². The van der Waals surface area contributed by atoms with E-state index in [2.05, 4.69) is 26.6 Å². The molecular formula is C16H14BrFN2O. The van der Waals surface area contributed by atoms with Crippen LogP contribution in [0.3, 0.4) is 0 Å². The van der Waals surface area contributed by atoms with Crippen molar-refractivity contribution in [2.75, 3.05) is 17.2 Å². The van der Waals surface area contributed by atoms with Crippen LogP contribution in [-0.4, -0.2) is 12.5 Å². The summed E-state index contributed by atoms with van der Waals surface area (Å²) in [4.78, 5) is 12.4. The molecule has 5 heteroatoms. The molecule has 0 fully saturated rings. The number of rotatable bonds is 2. The summed E-state index contributed by atoms with van der Waals surface area (Å²) in [5.41, 5.74) is 3.30. The molecule has 0 aromatic heterocycles. The van der Waals surface area contributed by atoms with Crippen molar-refractivity contribution in [1.82, 2.24) is 0 Å². The lowest BCUT2D eigenvalue weighted by Crippen LogP contribution is -2.19. The van der Waals surface area contributed by atoms with Crippen LogP contribution in [-0.2, 0) is 6.42 Å². The second-order valence-electron chi connectivity index (χ2n) is 4.95. The molecule has 108 valence electrons. The number of amides is 1. The van der Waals surface area contributed by atoms with Crippen molar-refractivity contribution >= 4 is 33.2 Å². The second kappa shape index (κ2) is 5.85. The van der Waals surface area contributed by atoms with Gasteiger partial charge in [-0.2, -0.15) is 0 Å². The number of carbonyl (C=O) groups excluding carboxylic acids is 1. The third kappa shape index (κ3) is 2.93. The molecule has 0 radical (unpaired) electrons. The Morgan fingerprint density at radius 1 is 1.29 bits per heavy atom. The lowest BCUT2D eigenvalue weighted by Gasteiger charge is -2.20. The van der Waals surface area contributed by atoms with E-state index in [0.29, 0.717) is 15.7 Å². The molecule has 0 bridgehead atoms. The summed E-state index contributed by atoms with van der Waals surface area (Å²) in [5.74, 6) is -0.525. The van der Waals surface area contributed by atoms with Crippen LogP contribution >= 0.6 is 15.9 Å². The van der Waals surface area contributed by atoms with Crippen LogP contribution in [0, 0.1) is 5.82 Å². The molecule has 1 amide bonds. The van der Waals surface area contributed by atoms with Crippen molar-refractivity contribution in [3.8, 4) is 0 Å². The molecule has 2 N–H and O–H groups in total. The molecule has 1 aliphatic rings. The van der Waals surface area contributed by atoms with Crippen LogP contribution in [0.1, 0.15) is 22.3 Å². The van der Waals surface area contributed by atoms with Gasteiger partial charge in [0.05, 0.1) is 4.47 Å². The Morgan fingerprint density at radius 2 is 2.14 bits per heavy atom. The molecule has 0 saturated heterocycles. The smallest absolute Gasteiger partial charge is 0.256 e. The lowest BCUT2D eigenvalue weighted by atomic mass is 9.97. The fourth-order valence-corrected chi connectivity index (χ4v) is 2.87. The standard InChI is InChI=1S/C16H14BrFN2O/c17-13-9-10(6-7-14(13)18)20-16(21)12-3-1-5-15-11(12)4-2-8-19-15/h1,3,5-7,9,19H,2,4,8H2,(H,20,21). The molecule has 2 aromatic rings. The highest BCUT2D eigenvalue weighted by atomic mass is 79.9. The first kappa shape index (κ1) is 14.1. The Kier molecular flexibility index (Phi) is 3.92. The average Bonchev–Trinajstić information content (AvgIpc) is 2.50. The van der Waals surface area contributed by atoms with Crippen molar-refractivity contribution in [3.05, 3.63) is 57.8 Å². The maximum atomic E-state index is 13.2. The summed E-state index contributed by atoms with van der Waals surface area (Å²) < 4.78 is 13.5. The Bertz CT molecular complexity index is 703. The predicted octanol–water partition coefficient (Wildman–Crippen LogP) is 4.20. The summed E-state index contributed by atoms with van der Waals surface area (Å²) in [6.45, 7) is 0.934. The van der Waals surface area contributed by atoms with Gasteiger partial charge in [0.25, 0.3) is 5.91 Å². The molecular weight excluding hydrogens is 335 g/mol. The van der Waals surface area contributed by atoms with E-state index < -0.39 is 0 Å². The first-order valence-corrected chi connectivity index (χ1v) is 7.56. The molecule has 0 atom stereocenters. The number of carbonyl (C=O) groups is 1. The van der Waals surface area contributed by atoms with Gasteiger partial charge >= 0.3 is 0 Å². The van der Waals surface area contributed by atoms with Crippen LogP contribution < -0.4 is 10.6 Å². The molecule has 0 aliphatic carbocycles. The van der Waals surface area contributed by atoms with Crippen molar-refractivity contribution < 1.29 is 9.18 Å². The average molecular weight is 349 g/mol. The summed E-state index contributed by atoms with van der Waals surface area (Å²) in [7, 11) is 0.